The highest BCUT2D eigenvalue weighted by Gasteiger charge is 2.14. The first-order chi connectivity index (χ1) is 11.1. The van der Waals surface area contributed by atoms with E-state index in [1.165, 1.54) is 5.56 Å². The molecule has 0 fully saturated rings. The maximum absolute atomic E-state index is 12.2. The molecule has 6 heteroatoms. The summed E-state index contributed by atoms with van der Waals surface area (Å²) in [4.78, 5) is 12.2. The van der Waals surface area contributed by atoms with Crippen molar-refractivity contribution in [3.05, 3.63) is 47.3 Å². The maximum atomic E-state index is 12.2. The zero-order valence-corrected chi connectivity index (χ0v) is 13.7. The predicted octanol–water partition coefficient (Wildman–Crippen LogP) is 2.19. The molecule has 0 saturated carbocycles. The maximum Gasteiger partial charge on any atom is 0.242 e. The molecular formula is C17H21N5O. The van der Waals surface area contributed by atoms with E-state index in [1.54, 1.807) is 10.9 Å². The van der Waals surface area contributed by atoms with E-state index in [9.17, 15) is 4.79 Å². The van der Waals surface area contributed by atoms with E-state index in [0.717, 1.165) is 28.8 Å². The molecule has 1 aromatic carbocycles. The molecular weight excluding hydrogens is 290 g/mol. The highest BCUT2D eigenvalue weighted by atomic mass is 16.2. The van der Waals surface area contributed by atoms with Crippen LogP contribution in [0.1, 0.15) is 23.7 Å². The molecule has 0 atom stereocenters. The molecule has 2 heterocycles. The third-order valence-corrected chi connectivity index (χ3v) is 4.04. The average Bonchev–Trinajstić information content (AvgIpc) is 3.08. The fourth-order valence-electron chi connectivity index (χ4n) is 2.77. The molecule has 0 spiro atoms. The average molecular weight is 311 g/mol. The highest BCUT2D eigenvalue weighted by molar-refractivity contribution is 5.81. The molecule has 1 amide bonds. The number of hydrogen-bond acceptors (Lipinski definition) is 3. The Balaban J connectivity index is 1.71. The molecule has 3 rings (SSSR count). The lowest BCUT2D eigenvalue weighted by Crippen LogP contribution is -2.27. The smallest absolute Gasteiger partial charge is 0.242 e. The van der Waals surface area contributed by atoms with Crippen molar-refractivity contribution in [2.45, 2.75) is 40.4 Å². The molecule has 0 radical (unpaired) electrons. The van der Waals surface area contributed by atoms with Gasteiger partial charge in [-0.1, -0.05) is 24.3 Å². The number of carbonyl (C=O) groups excluding carboxylic acids is 1. The first-order valence-electron chi connectivity index (χ1n) is 7.80. The zero-order chi connectivity index (χ0) is 16.4. The van der Waals surface area contributed by atoms with E-state index < -0.39 is 0 Å². The second kappa shape index (κ2) is 6.24. The predicted molar refractivity (Wildman–Crippen MR) is 89.0 cm³/mol. The van der Waals surface area contributed by atoms with Gasteiger partial charge in [-0.25, -0.2) is 0 Å². The number of benzene rings is 1. The monoisotopic (exact) mass is 311 g/mol. The molecule has 0 aliphatic carbocycles. The van der Waals surface area contributed by atoms with Gasteiger partial charge in [0.05, 0.1) is 11.9 Å². The standard InChI is InChI=1S/C17H21N5O/c1-4-21-15-10-19-22(17(15)13(3)20-21)11-16(23)18-9-14-8-6-5-7-12(14)2/h5-8,10H,4,9,11H2,1-3H3,(H,18,23). The summed E-state index contributed by atoms with van der Waals surface area (Å²) in [6, 6.07) is 8.04. The number of hydrogen-bond donors (Lipinski definition) is 1. The van der Waals surface area contributed by atoms with Gasteiger partial charge in [0.1, 0.15) is 17.6 Å². The summed E-state index contributed by atoms with van der Waals surface area (Å²) in [5.74, 6) is -0.0538. The van der Waals surface area contributed by atoms with Crippen molar-refractivity contribution >= 4 is 16.9 Å². The fraction of sp³-hybridized carbons (Fsp3) is 0.353. The van der Waals surface area contributed by atoms with Crippen LogP contribution in [0.15, 0.2) is 30.5 Å². The first-order valence-corrected chi connectivity index (χ1v) is 7.80. The topological polar surface area (TPSA) is 64.7 Å². The van der Waals surface area contributed by atoms with E-state index in [1.807, 2.05) is 49.7 Å². The minimum atomic E-state index is -0.0538. The summed E-state index contributed by atoms with van der Waals surface area (Å²) < 4.78 is 3.62. The lowest BCUT2D eigenvalue weighted by Gasteiger charge is -2.08. The van der Waals surface area contributed by atoms with Crippen LogP contribution < -0.4 is 5.32 Å². The van der Waals surface area contributed by atoms with Crippen molar-refractivity contribution in [2.24, 2.45) is 0 Å². The normalized spacial score (nSPS) is 11.1. The number of aromatic nitrogens is 4. The Morgan fingerprint density at radius 1 is 1.22 bits per heavy atom. The van der Waals surface area contributed by atoms with Gasteiger partial charge in [0.15, 0.2) is 0 Å². The number of amides is 1. The molecule has 3 aromatic rings. The third kappa shape index (κ3) is 2.97. The van der Waals surface area contributed by atoms with Crippen LogP contribution in [0.5, 0.6) is 0 Å². The minimum Gasteiger partial charge on any atom is -0.350 e. The SMILES string of the molecule is CCn1nc(C)c2c1cnn2CC(=O)NCc1ccccc1C. The van der Waals surface area contributed by atoms with E-state index in [2.05, 4.69) is 15.5 Å². The van der Waals surface area contributed by atoms with Gasteiger partial charge in [0.25, 0.3) is 0 Å². The molecule has 1 N–H and O–H groups in total. The van der Waals surface area contributed by atoms with Crippen LogP contribution in [-0.2, 0) is 24.4 Å². The van der Waals surface area contributed by atoms with Gasteiger partial charge >= 0.3 is 0 Å². The number of fused-ring (bicyclic) bond motifs is 1. The molecule has 0 saturated heterocycles. The van der Waals surface area contributed by atoms with Crippen LogP contribution in [0.25, 0.3) is 11.0 Å². The molecule has 0 unspecified atom stereocenters. The van der Waals surface area contributed by atoms with Gasteiger partial charge in [-0.3, -0.25) is 14.2 Å². The van der Waals surface area contributed by atoms with Gasteiger partial charge in [-0.15, -0.1) is 0 Å². The summed E-state index contributed by atoms with van der Waals surface area (Å²) in [6.07, 6.45) is 1.77. The number of nitrogens with zero attached hydrogens (tertiary/aromatic N) is 4. The third-order valence-electron chi connectivity index (χ3n) is 4.04. The Labute approximate surface area is 135 Å². The van der Waals surface area contributed by atoms with Crippen molar-refractivity contribution in [3.8, 4) is 0 Å². The van der Waals surface area contributed by atoms with Crippen molar-refractivity contribution in [2.75, 3.05) is 0 Å². The summed E-state index contributed by atoms with van der Waals surface area (Å²) in [5, 5.41) is 11.8. The zero-order valence-electron chi connectivity index (χ0n) is 13.7. The van der Waals surface area contributed by atoms with E-state index in [0.29, 0.717) is 6.54 Å². The summed E-state index contributed by atoms with van der Waals surface area (Å²) >= 11 is 0. The van der Waals surface area contributed by atoms with E-state index in [-0.39, 0.29) is 12.5 Å². The highest BCUT2D eigenvalue weighted by Crippen LogP contribution is 2.17. The number of aryl methyl sites for hydroxylation is 3. The lowest BCUT2D eigenvalue weighted by molar-refractivity contribution is -0.121. The van der Waals surface area contributed by atoms with Crippen molar-refractivity contribution in [1.29, 1.82) is 0 Å². The molecule has 0 aliphatic rings. The molecule has 120 valence electrons. The van der Waals surface area contributed by atoms with Gasteiger partial charge < -0.3 is 5.32 Å². The van der Waals surface area contributed by atoms with Crippen LogP contribution in [-0.4, -0.2) is 25.5 Å². The van der Waals surface area contributed by atoms with Crippen molar-refractivity contribution in [1.82, 2.24) is 24.9 Å². The largest absolute Gasteiger partial charge is 0.350 e. The van der Waals surface area contributed by atoms with Crippen LogP contribution in [0.3, 0.4) is 0 Å². The molecule has 2 aromatic heterocycles. The van der Waals surface area contributed by atoms with E-state index in [4.69, 9.17) is 0 Å². The quantitative estimate of drug-likeness (QED) is 0.785. The minimum absolute atomic E-state index is 0.0538. The second-order valence-corrected chi connectivity index (χ2v) is 5.64. The van der Waals surface area contributed by atoms with Crippen LogP contribution in [0.2, 0.25) is 0 Å². The number of carbonyl (C=O) groups is 1. The first kappa shape index (κ1) is 15.3. The van der Waals surface area contributed by atoms with Crippen LogP contribution in [0.4, 0.5) is 0 Å². The van der Waals surface area contributed by atoms with Gasteiger partial charge in [0.2, 0.25) is 5.91 Å². The van der Waals surface area contributed by atoms with Crippen LogP contribution >= 0.6 is 0 Å². The van der Waals surface area contributed by atoms with Crippen molar-refractivity contribution in [3.63, 3.8) is 0 Å². The molecule has 0 aliphatic heterocycles. The molecule has 0 bridgehead atoms. The van der Waals surface area contributed by atoms with Gasteiger partial charge in [-0.2, -0.15) is 10.2 Å². The van der Waals surface area contributed by atoms with E-state index >= 15 is 0 Å². The van der Waals surface area contributed by atoms with Gasteiger partial charge in [-0.05, 0) is 31.9 Å². The lowest BCUT2D eigenvalue weighted by atomic mass is 10.1. The summed E-state index contributed by atoms with van der Waals surface area (Å²) in [5.41, 5.74) is 5.09. The summed E-state index contributed by atoms with van der Waals surface area (Å²) in [7, 11) is 0. The Hall–Kier alpha value is -2.63. The summed E-state index contributed by atoms with van der Waals surface area (Å²) in [6.45, 7) is 7.54. The Bertz CT molecular complexity index is 846. The van der Waals surface area contributed by atoms with Crippen LogP contribution in [0, 0.1) is 13.8 Å². The Morgan fingerprint density at radius 2 is 2.00 bits per heavy atom. The van der Waals surface area contributed by atoms with Gasteiger partial charge in [0, 0.05) is 13.1 Å². The Morgan fingerprint density at radius 3 is 2.74 bits per heavy atom. The molecule has 23 heavy (non-hydrogen) atoms. The number of nitrogens with one attached hydrogen (secondary N) is 1. The second-order valence-electron chi connectivity index (χ2n) is 5.64. The number of rotatable bonds is 5. The Kier molecular flexibility index (Phi) is 4.14. The molecule has 6 nitrogen and oxygen atoms in total. The fourth-order valence-corrected chi connectivity index (χ4v) is 2.77. The van der Waals surface area contributed by atoms with Crippen molar-refractivity contribution < 1.29 is 4.79 Å².